The molecule has 3 N–H and O–H groups in total. The van der Waals surface area contributed by atoms with Crippen LogP contribution >= 0.6 is 23.2 Å². The fourth-order valence-corrected chi connectivity index (χ4v) is 2.89. The van der Waals surface area contributed by atoms with Crippen LogP contribution in [-0.4, -0.2) is 22.1 Å². The van der Waals surface area contributed by atoms with Crippen molar-refractivity contribution < 1.29 is 19.8 Å². The van der Waals surface area contributed by atoms with E-state index in [1.165, 1.54) is 30.3 Å². The zero-order valence-corrected chi connectivity index (χ0v) is 17.3. The normalized spacial score (nSPS) is 11.8. The molecule has 0 bridgehead atoms. The van der Waals surface area contributed by atoms with E-state index < -0.39 is 23.3 Å². The van der Waals surface area contributed by atoms with Crippen LogP contribution in [0.3, 0.4) is 0 Å². The van der Waals surface area contributed by atoms with E-state index in [4.69, 9.17) is 23.2 Å². The van der Waals surface area contributed by atoms with Crippen LogP contribution in [0.4, 0.5) is 11.4 Å². The Morgan fingerprint density at radius 2 is 1.55 bits per heavy atom. The fraction of sp³-hybridized carbons (Fsp3) is 0. The van der Waals surface area contributed by atoms with Gasteiger partial charge in [-0.25, -0.2) is 4.79 Å². The summed E-state index contributed by atoms with van der Waals surface area (Å²) in [6, 6.07) is 18.6. The highest BCUT2D eigenvalue weighted by atomic mass is 35.5. The number of aromatic carboxylic acids is 1. The summed E-state index contributed by atoms with van der Waals surface area (Å²) in [7, 11) is 0. The summed E-state index contributed by atoms with van der Waals surface area (Å²) in [6.07, 6.45) is 0. The number of aliphatic hydroxyl groups excluding tert-OH is 1. The predicted molar refractivity (Wildman–Crippen MR) is 119 cm³/mol. The van der Waals surface area contributed by atoms with E-state index in [-0.39, 0.29) is 22.0 Å². The third-order valence-corrected chi connectivity index (χ3v) is 4.62. The smallest absolute Gasteiger partial charge is 0.337 e. The molecule has 0 fully saturated rings. The maximum absolute atomic E-state index is 12.9. The van der Waals surface area contributed by atoms with E-state index >= 15 is 0 Å². The topological polar surface area (TPSA) is 111 Å². The number of halogens is 2. The Bertz CT molecular complexity index is 1190. The lowest BCUT2D eigenvalue weighted by molar-refractivity contribution is -0.112. The monoisotopic (exact) mass is 455 g/mol. The van der Waals surface area contributed by atoms with Crippen LogP contribution in [0, 0.1) is 0 Å². The third-order valence-electron chi connectivity index (χ3n) is 4.06. The summed E-state index contributed by atoms with van der Waals surface area (Å²) in [5, 5.41) is 30.9. The summed E-state index contributed by atoms with van der Waals surface area (Å²) >= 11 is 12.1. The molecule has 0 aliphatic rings. The molecular weight excluding hydrogens is 441 g/mol. The molecule has 0 spiro atoms. The minimum absolute atomic E-state index is 0.0157. The average molecular weight is 456 g/mol. The van der Waals surface area contributed by atoms with Gasteiger partial charge < -0.3 is 15.5 Å². The molecule has 0 aliphatic heterocycles. The second-order valence-corrected chi connectivity index (χ2v) is 7.01. The third kappa shape index (κ3) is 5.48. The van der Waals surface area contributed by atoms with Crippen LogP contribution in [0.2, 0.25) is 10.0 Å². The van der Waals surface area contributed by atoms with E-state index in [0.29, 0.717) is 10.6 Å². The highest BCUT2D eigenvalue weighted by Gasteiger charge is 2.19. The first-order valence-corrected chi connectivity index (χ1v) is 9.61. The molecule has 7 nitrogen and oxygen atoms in total. The number of carbonyl (C=O) groups excluding carboxylic acids is 1. The molecule has 156 valence electrons. The highest BCUT2D eigenvalue weighted by Crippen LogP contribution is 2.28. The average Bonchev–Trinajstić information content (AvgIpc) is 2.77. The van der Waals surface area contributed by atoms with Crippen molar-refractivity contribution in [1.29, 1.82) is 0 Å². The number of carbonyl (C=O) groups is 2. The molecule has 3 rings (SSSR count). The Hall–Kier alpha value is -3.68. The number of hydrogen-bond donors (Lipinski definition) is 3. The minimum Gasteiger partial charge on any atom is -0.505 e. The molecule has 0 aromatic heterocycles. The molecule has 0 aliphatic carbocycles. The molecule has 0 atom stereocenters. The van der Waals surface area contributed by atoms with Crippen molar-refractivity contribution in [1.82, 2.24) is 0 Å². The van der Waals surface area contributed by atoms with Gasteiger partial charge >= 0.3 is 5.97 Å². The summed E-state index contributed by atoms with van der Waals surface area (Å²) < 4.78 is 0. The van der Waals surface area contributed by atoms with E-state index in [9.17, 15) is 19.8 Å². The Labute approximate surface area is 187 Å². The highest BCUT2D eigenvalue weighted by molar-refractivity contribution is 6.36. The summed E-state index contributed by atoms with van der Waals surface area (Å²) in [5.41, 5.74) is -0.0125. The van der Waals surface area contributed by atoms with E-state index in [1.807, 2.05) is 0 Å². The quantitative estimate of drug-likeness (QED) is 0.228. The van der Waals surface area contributed by atoms with Crippen molar-refractivity contribution in [2.45, 2.75) is 0 Å². The van der Waals surface area contributed by atoms with E-state index in [0.717, 1.165) is 0 Å². The van der Waals surface area contributed by atoms with Gasteiger partial charge in [0.05, 0.1) is 16.3 Å². The fourth-order valence-electron chi connectivity index (χ4n) is 2.55. The van der Waals surface area contributed by atoms with Gasteiger partial charge in [-0.3, -0.25) is 4.79 Å². The van der Waals surface area contributed by atoms with Gasteiger partial charge in [-0.05, 0) is 30.3 Å². The van der Waals surface area contributed by atoms with Crippen LogP contribution < -0.4 is 5.32 Å². The number of rotatable bonds is 6. The van der Waals surface area contributed by atoms with Crippen molar-refractivity contribution in [2.24, 2.45) is 10.2 Å². The first-order chi connectivity index (χ1) is 14.9. The molecule has 0 saturated heterocycles. The maximum Gasteiger partial charge on any atom is 0.337 e. The van der Waals surface area contributed by atoms with Gasteiger partial charge in [0.1, 0.15) is 5.69 Å². The Kier molecular flexibility index (Phi) is 7.02. The second-order valence-electron chi connectivity index (χ2n) is 6.16. The van der Waals surface area contributed by atoms with Crippen LogP contribution in [0.15, 0.2) is 88.7 Å². The number of azo groups is 1. The number of hydrogen-bond acceptors (Lipinski definition) is 5. The molecule has 1 amide bonds. The van der Waals surface area contributed by atoms with Gasteiger partial charge in [-0.2, -0.15) is 0 Å². The molecule has 0 heterocycles. The van der Waals surface area contributed by atoms with Gasteiger partial charge in [0.2, 0.25) is 0 Å². The number of carboxylic acids is 1. The van der Waals surface area contributed by atoms with Crippen molar-refractivity contribution in [3.05, 3.63) is 99.7 Å². The Balaban J connectivity index is 2.05. The van der Waals surface area contributed by atoms with Crippen LogP contribution in [-0.2, 0) is 4.79 Å². The lowest BCUT2D eigenvalue weighted by atomic mass is 10.1. The second kappa shape index (κ2) is 9.88. The maximum atomic E-state index is 12.9. The first-order valence-electron chi connectivity index (χ1n) is 8.86. The van der Waals surface area contributed by atoms with Gasteiger partial charge in [0, 0.05) is 10.6 Å². The van der Waals surface area contributed by atoms with Crippen LogP contribution in [0.5, 0.6) is 0 Å². The summed E-state index contributed by atoms with van der Waals surface area (Å²) in [5.74, 6) is -2.47. The lowest BCUT2D eigenvalue weighted by Gasteiger charge is -2.10. The Morgan fingerprint density at radius 3 is 2.26 bits per heavy atom. The first kappa shape index (κ1) is 22.0. The number of anilines is 1. The molecule has 9 heteroatoms. The van der Waals surface area contributed by atoms with Gasteiger partial charge in [0.25, 0.3) is 5.91 Å². The molecule has 3 aromatic rings. The van der Waals surface area contributed by atoms with Crippen molar-refractivity contribution in [3.8, 4) is 0 Å². The largest absolute Gasteiger partial charge is 0.505 e. The molecule has 0 unspecified atom stereocenters. The lowest BCUT2D eigenvalue weighted by Crippen LogP contribution is -2.15. The van der Waals surface area contributed by atoms with E-state index in [1.54, 1.807) is 42.5 Å². The van der Waals surface area contributed by atoms with Gasteiger partial charge in [0.15, 0.2) is 11.5 Å². The van der Waals surface area contributed by atoms with Crippen molar-refractivity contribution >= 4 is 52.2 Å². The number of aliphatic hydroxyl groups is 1. The molecule has 0 saturated carbocycles. The zero-order chi connectivity index (χ0) is 22.4. The number of benzene rings is 3. The van der Waals surface area contributed by atoms with E-state index in [2.05, 4.69) is 15.5 Å². The SMILES string of the molecule is O=C(Nc1cc(Cl)ccc1Cl)C(N=Nc1ccccc1C(=O)O)=C(O)c1ccccc1. The van der Waals surface area contributed by atoms with Crippen molar-refractivity contribution in [3.63, 3.8) is 0 Å². The van der Waals surface area contributed by atoms with Gasteiger partial charge in [-0.1, -0.05) is 65.7 Å². The van der Waals surface area contributed by atoms with Crippen molar-refractivity contribution in [2.75, 3.05) is 5.32 Å². The predicted octanol–water partition coefficient (Wildman–Crippen LogP) is 6.34. The molecular formula is C22H15Cl2N3O4. The number of nitrogens with one attached hydrogen (secondary N) is 1. The standard InChI is InChI=1S/C22H15Cl2N3O4/c23-14-10-11-16(24)18(12-14)25-21(29)19(20(28)13-6-2-1-3-7-13)27-26-17-9-5-4-8-15(17)22(30)31/h1-12,28H,(H,25,29)(H,30,31). The zero-order valence-electron chi connectivity index (χ0n) is 15.8. The van der Waals surface area contributed by atoms with Crippen LogP contribution in [0.25, 0.3) is 5.76 Å². The minimum atomic E-state index is -1.21. The van der Waals surface area contributed by atoms with Crippen LogP contribution in [0.1, 0.15) is 15.9 Å². The molecule has 31 heavy (non-hydrogen) atoms. The molecule has 3 aromatic carbocycles. The number of nitrogens with zero attached hydrogens (tertiary/aromatic N) is 2. The Morgan fingerprint density at radius 1 is 0.871 bits per heavy atom. The number of carboxylic acid groups (broad SMARTS) is 1. The molecule has 0 radical (unpaired) electrons. The number of amides is 1. The summed E-state index contributed by atoms with van der Waals surface area (Å²) in [4.78, 5) is 24.3. The van der Waals surface area contributed by atoms with Gasteiger partial charge in [-0.15, -0.1) is 10.2 Å². The summed E-state index contributed by atoms with van der Waals surface area (Å²) in [6.45, 7) is 0.